The first-order chi connectivity index (χ1) is 26.3. The number of nitrogens with one attached hydrogen (secondary N) is 6. The lowest BCUT2D eigenvalue weighted by Gasteiger charge is -2.14. The summed E-state index contributed by atoms with van der Waals surface area (Å²) in [5.74, 6) is -4.94. The van der Waals surface area contributed by atoms with Gasteiger partial charge in [-0.15, -0.1) is 0 Å². The van der Waals surface area contributed by atoms with Crippen molar-refractivity contribution < 1.29 is 37.3 Å². The fourth-order valence-corrected chi connectivity index (χ4v) is 6.44. The van der Waals surface area contributed by atoms with Crippen LogP contribution in [0.3, 0.4) is 0 Å². The summed E-state index contributed by atoms with van der Waals surface area (Å²) in [5.41, 5.74) is 2.74. The number of aryl methyl sites for hydroxylation is 1. The first-order valence-corrected chi connectivity index (χ1v) is 19.1. The molecule has 4 aromatic rings. The highest BCUT2D eigenvalue weighted by molar-refractivity contribution is 14.1. The Morgan fingerprint density at radius 3 is 2.27 bits per heavy atom. The number of rotatable bonds is 21. The monoisotopic (exact) mass is 896 g/mol. The molecular weight excluding hydrogens is 856 g/mol. The number of nitrogens with zero attached hydrogens (tertiary/aromatic N) is 2. The number of benzene rings is 3. The van der Waals surface area contributed by atoms with Gasteiger partial charge in [0.2, 0.25) is 5.91 Å². The second-order valence-electron chi connectivity index (χ2n) is 12.2. The molecule has 0 unspecified atom stereocenters. The third kappa shape index (κ3) is 13.1. The maximum atomic E-state index is 14.6. The molecule has 0 bridgehead atoms. The molecule has 0 aliphatic heterocycles. The van der Waals surface area contributed by atoms with E-state index in [4.69, 9.17) is 4.84 Å². The molecule has 0 fully saturated rings. The van der Waals surface area contributed by atoms with Crippen LogP contribution in [0.1, 0.15) is 71.9 Å². The Kier molecular flexibility index (Phi) is 16.6. The summed E-state index contributed by atoms with van der Waals surface area (Å²) in [6.07, 6.45) is 5.49. The first-order valence-electron chi connectivity index (χ1n) is 17.3. The van der Waals surface area contributed by atoms with E-state index < -0.39 is 39.9 Å². The van der Waals surface area contributed by atoms with E-state index in [-0.39, 0.29) is 45.2 Å². The number of nitro groups is 1. The van der Waals surface area contributed by atoms with E-state index in [2.05, 4.69) is 37.0 Å². The zero-order valence-electron chi connectivity index (χ0n) is 30.0. The predicted octanol–water partition coefficient (Wildman–Crippen LogP) is 8.04. The molecule has 0 atom stereocenters. The van der Waals surface area contributed by atoms with E-state index in [9.17, 15) is 37.7 Å². The number of halogens is 4. The van der Waals surface area contributed by atoms with E-state index in [1.807, 2.05) is 22.6 Å². The normalized spacial score (nSPS) is 10.9. The summed E-state index contributed by atoms with van der Waals surface area (Å²) in [4.78, 5) is 57.2. The lowest BCUT2D eigenvalue weighted by molar-refractivity contribution is -0.380. The number of hydrogen-bond acceptors (Lipinski definition) is 11. The molecule has 1 aromatic heterocycles. The van der Waals surface area contributed by atoms with Gasteiger partial charge in [-0.25, -0.2) is 23.6 Å². The molecule has 55 heavy (non-hydrogen) atoms. The lowest BCUT2D eigenvalue weighted by Crippen LogP contribution is -2.27. The minimum atomic E-state index is -1.32. The molecule has 3 amide bonds. The Bertz CT molecular complexity index is 2000. The summed E-state index contributed by atoms with van der Waals surface area (Å²) in [6, 6.07) is 11.0. The molecule has 14 nitrogen and oxygen atoms in total. The average molecular weight is 897 g/mol. The molecule has 3 aromatic carbocycles. The number of unbranched alkanes of at least 4 members (excludes halogenated alkanes) is 4. The Morgan fingerprint density at radius 2 is 1.56 bits per heavy atom. The average Bonchev–Trinajstić information content (AvgIpc) is 3.50. The Hall–Kier alpha value is -4.86. The van der Waals surface area contributed by atoms with Crippen molar-refractivity contribution in [1.82, 2.24) is 15.8 Å². The van der Waals surface area contributed by atoms with Crippen LogP contribution in [0.2, 0.25) is 0 Å². The van der Waals surface area contributed by atoms with Gasteiger partial charge in [0.1, 0.15) is 11.5 Å². The number of carbonyl (C=O) groups excluding carboxylic acids is 3. The van der Waals surface area contributed by atoms with Crippen molar-refractivity contribution in [3.63, 3.8) is 0 Å². The third-order valence-electron chi connectivity index (χ3n) is 7.89. The van der Waals surface area contributed by atoms with E-state index in [1.165, 1.54) is 26.0 Å². The second kappa shape index (κ2) is 21.3. The molecule has 0 saturated heterocycles. The Labute approximate surface area is 332 Å². The van der Waals surface area contributed by atoms with Crippen LogP contribution in [0.4, 0.5) is 46.1 Å². The van der Waals surface area contributed by atoms with Crippen LogP contribution in [0.25, 0.3) is 0 Å². The van der Waals surface area contributed by atoms with Crippen LogP contribution in [0.5, 0.6) is 0 Å². The lowest BCUT2D eigenvalue weighted by atomic mass is 10.1. The minimum Gasteiger partial charge on any atom is -0.385 e. The fourth-order valence-electron chi connectivity index (χ4n) is 5.21. The number of thiazole rings is 1. The van der Waals surface area contributed by atoms with Crippen LogP contribution < -0.4 is 32.1 Å². The summed E-state index contributed by atoms with van der Waals surface area (Å²) in [5, 5.41) is 25.4. The number of amides is 3. The first kappa shape index (κ1) is 42.9. The van der Waals surface area contributed by atoms with Gasteiger partial charge in [-0.2, -0.15) is 0 Å². The number of hydrogen-bond donors (Lipinski definition) is 6. The molecule has 19 heteroatoms. The zero-order valence-corrected chi connectivity index (χ0v) is 32.9. The molecule has 294 valence electrons. The fraction of sp³-hybridized carbons (Fsp3) is 0.333. The van der Waals surface area contributed by atoms with Gasteiger partial charge in [-0.1, -0.05) is 19.3 Å². The van der Waals surface area contributed by atoms with E-state index in [0.29, 0.717) is 28.8 Å². The zero-order chi connectivity index (χ0) is 39.9. The predicted molar refractivity (Wildman–Crippen MR) is 213 cm³/mol. The standard InChI is InChI=1S/C36H40F3IN8O6S/c1-21-35(48(52)53)55-36(43-21)46-33(50)25-11-10-24(20-30(25)44-22(2)49)42-17-7-5-3-4-6-15-41-16-8-18-54-47-34(51)26-12-13-27(37)31(39)32(26)45-29-14-9-23(40)19-28(29)38/h9-14,19-20,41-42,45H,3-8,15-18H2,1-2H3,(H,44,49)(H,47,51)(H,43,46,50). The van der Waals surface area contributed by atoms with Crippen molar-refractivity contribution in [2.24, 2.45) is 0 Å². The van der Waals surface area contributed by atoms with Crippen LogP contribution in [0.15, 0.2) is 48.5 Å². The molecule has 0 saturated carbocycles. The highest BCUT2D eigenvalue weighted by atomic mass is 127. The van der Waals surface area contributed by atoms with Crippen molar-refractivity contribution in [1.29, 1.82) is 0 Å². The Morgan fingerprint density at radius 1 is 0.855 bits per heavy atom. The van der Waals surface area contributed by atoms with Crippen molar-refractivity contribution in [2.45, 2.75) is 52.4 Å². The molecule has 1 heterocycles. The summed E-state index contributed by atoms with van der Waals surface area (Å²) in [6.45, 7) is 5.11. The molecule has 4 rings (SSSR count). The van der Waals surface area contributed by atoms with Crippen molar-refractivity contribution in [3.8, 4) is 0 Å². The summed E-state index contributed by atoms with van der Waals surface area (Å²) >= 11 is 2.67. The number of aromatic nitrogens is 1. The topological polar surface area (TPSA) is 189 Å². The van der Waals surface area contributed by atoms with Gasteiger partial charge in [-0.3, -0.25) is 34.7 Å². The summed E-state index contributed by atoms with van der Waals surface area (Å²) < 4.78 is 43.5. The molecular formula is C36H40F3IN8O6S. The van der Waals surface area contributed by atoms with Gasteiger partial charge in [0.05, 0.1) is 39.7 Å². The number of anilines is 5. The van der Waals surface area contributed by atoms with E-state index in [1.54, 1.807) is 24.3 Å². The Balaban J connectivity index is 1.08. The van der Waals surface area contributed by atoms with Crippen molar-refractivity contribution in [3.05, 3.63) is 96.5 Å². The van der Waals surface area contributed by atoms with Crippen LogP contribution in [-0.4, -0.2) is 53.9 Å². The van der Waals surface area contributed by atoms with Gasteiger partial charge in [0.15, 0.2) is 16.8 Å². The highest BCUT2D eigenvalue weighted by Gasteiger charge is 2.22. The van der Waals surface area contributed by atoms with Crippen LogP contribution in [-0.2, 0) is 9.63 Å². The van der Waals surface area contributed by atoms with Crippen LogP contribution in [0, 0.1) is 38.1 Å². The van der Waals surface area contributed by atoms with E-state index >= 15 is 0 Å². The molecule has 0 spiro atoms. The van der Waals surface area contributed by atoms with Crippen molar-refractivity contribution >= 4 is 84.5 Å². The van der Waals surface area contributed by atoms with Crippen LogP contribution >= 0.6 is 33.9 Å². The van der Waals surface area contributed by atoms with E-state index in [0.717, 1.165) is 67.8 Å². The second-order valence-corrected chi connectivity index (χ2v) is 14.4. The quantitative estimate of drug-likeness (QED) is 0.0207. The molecule has 6 N–H and O–H groups in total. The number of hydroxylamine groups is 1. The van der Waals surface area contributed by atoms with Gasteiger partial charge < -0.3 is 21.3 Å². The highest BCUT2D eigenvalue weighted by Crippen LogP contribution is 2.31. The van der Waals surface area contributed by atoms with Gasteiger partial charge in [0.25, 0.3) is 11.8 Å². The van der Waals surface area contributed by atoms with Gasteiger partial charge >= 0.3 is 5.00 Å². The summed E-state index contributed by atoms with van der Waals surface area (Å²) in [7, 11) is 0. The van der Waals surface area contributed by atoms with Gasteiger partial charge in [0, 0.05) is 22.7 Å². The third-order valence-corrected chi connectivity index (χ3v) is 9.58. The number of carbonyl (C=O) groups is 3. The largest absolute Gasteiger partial charge is 0.385 e. The maximum absolute atomic E-state index is 14.6. The smallest absolute Gasteiger partial charge is 0.348 e. The SMILES string of the molecule is CC(=O)Nc1cc(NCCCCCCCNCCCONC(=O)c2ccc(F)c(F)c2Nc2ccc(I)cc2F)ccc1C(=O)Nc1nc(C)c([N+](=O)[O-])s1. The molecule has 0 aliphatic rings. The van der Waals surface area contributed by atoms with Crippen molar-refractivity contribution in [2.75, 3.05) is 47.5 Å². The molecule has 0 aliphatic carbocycles. The van der Waals surface area contributed by atoms with Gasteiger partial charge in [-0.05, 0) is 122 Å². The molecule has 0 radical (unpaired) electrons. The minimum absolute atomic E-state index is 0.0853. The maximum Gasteiger partial charge on any atom is 0.348 e.